The Morgan fingerprint density at radius 1 is 0.875 bits per heavy atom. The Labute approximate surface area is 144 Å². The Balaban J connectivity index is 1.57. The van der Waals surface area contributed by atoms with Gasteiger partial charge in [0.2, 0.25) is 5.91 Å². The number of benzene rings is 2. The van der Waals surface area contributed by atoms with Gasteiger partial charge in [-0.3, -0.25) is 4.79 Å². The van der Waals surface area contributed by atoms with Crippen LogP contribution in [0.25, 0.3) is 6.08 Å². The summed E-state index contributed by atoms with van der Waals surface area (Å²) < 4.78 is 0. The second kappa shape index (κ2) is 8.34. The molecule has 1 saturated heterocycles. The molecule has 0 aromatic heterocycles. The Morgan fingerprint density at radius 2 is 1.54 bits per heavy atom. The highest BCUT2D eigenvalue weighted by Crippen LogP contribution is 2.21. The van der Waals surface area contributed by atoms with Gasteiger partial charge < -0.3 is 10.2 Å². The molecular weight excluding hydrogens is 296 g/mol. The standard InChI is InChI=1S/C21H24N2O/c24-21(15-10-18-8-4-3-5-9-18)22-19-11-13-20(14-12-19)23-16-6-1-2-7-17-23/h3-5,8-15H,1-2,6-7,16-17H2,(H,22,24)/b15-10+. The van der Waals surface area contributed by atoms with Crippen LogP contribution in [0.2, 0.25) is 0 Å². The Kier molecular flexibility index (Phi) is 5.67. The fourth-order valence-electron chi connectivity index (χ4n) is 3.00. The third kappa shape index (κ3) is 4.72. The topological polar surface area (TPSA) is 32.3 Å². The molecule has 0 spiro atoms. The van der Waals surface area contributed by atoms with Crippen molar-refractivity contribution < 1.29 is 4.79 Å². The number of amides is 1. The SMILES string of the molecule is O=C(/C=C/c1ccccc1)Nc1ccc(N2CCCCCC2)cc1. The van der Waals surface area contributed by atoms with Gasteiger partial charge in [0.25, 0.3) is 0 Å². The van der Waals surface area contributed by atoms with Crippen LogP contribution in [0.1, 0.15) is 31.2 Å². The van der Waals surface area contributed by atoms with Gasteiger partial charge >= 0.3 is 0 Å². The van der Waals surface area contributed by atoms with Crippen molar-refractivity contribution in [2.75, 3.05) is 23.3 Å². The van der Waals surface area contributed by atoms with Gasteiger partial charge in [-0.1, -0.05) is 43.2 Å². The highest BCUT2D eigenvalue weighted by molar-refractivity contribution is 6.02. The molecule has 1 heterocycles. The summed E-state index contributed by atoms with van der Waals surface area (Å²) in [6.45, 7) is 2.26. The Hall–Kier alpha value is -2.55. The number of nitrogens with one attached hydrogen (secondary N) is 1. The molecule has 0 atom stereocenters. The lowest BCUT2D eigenvalue weighted by atomic mass is 10.2. The molecule has 124 valence electrons. The van der Waals surface area contributed by atoms with E-state index in [0.29, 0.717) is 0 Å². The zero-order chi connectivity index (χ0) is 16.6. The number of anilines is 2. The van der Waals surface area contributed by atoms with Crippen LogP contribution in [-0.2, 0) is 4.79 Å². The lowest BCUT2D eigenvalue weighted by Gasteiger charge is -2.22. The zero-order valence-corrected chi connectivity index (χ0v) is 13.9. The second-order valence-electron chi connectivity index (χ2n) is 6.18. The zero-order valence-electron chi connectivity index (χ0n) is 13.9. The third-order valence-corrected chi connectivity index (χ3v) is 4.33. The van der Waals surface area contributed by atoms with Crippen LogP contribution in [0.5, 0.6) is 0 Å². The minimum Gasteiger partial charge on any atom is -0.372 e. The highest BCUT2D eigenvalue weighted by Gasteiger charge is 2.09. The summed E-state index contributed by atoms with van der Waals surface area (Å²) in [6, 6.07) is 18.0. The molecular formula is C21H24N2O. The summed E-state index contributed by atoms with van der Waals surface area (Å²) in [5.74, 6) is -0.110. The molecule has 1 amide bonds. The van der Waals surface area contributed by atoms with Crippen molar-refractivity contribution in [1.82, 2.24) is 0 Å². The molecule has 3 rings (SSSR count). The van der Waals surface area contributed by atoms with Gasteiger partial charge in [0.1, 0.15) is 0 Å². The van der Waals surface area contributed by atoms with Crippen LogP contribution in [0, 0.1) is 0 Å². The summed E-state index contributed by atoms with van der Waals surface area (Å²) in [5.41, 5.74) is 3.09. The largest absolute Gasteiger partial charge is 0.372 e. The molecule has 0 radical (unpaired) electrons. The van der Waals surface area contributed by atoms with Crippen LogP contribution in [0.15, 0.2) is 60.7 Å². The van der Waals surface area contributed by atoms with Crippen LogP contribution < -0.4 is 10.2 Å². The van der Waals surface area contributed by atoms with E-state index in [1.54, 1.807) is 6.08 Å². The summed E-state index contributed by atoms with van der Waals surface area (Å²) in [5, 5.41) is 2.91. The summed E-state index contributed by atoms with van der Waals surface area (Å²) in [7, 11) is 0. The molecule has 3 heteroatoms. The minimum atomic E-state index is -0.110. The molecule has 1 N–H and O–H groups in total. The van der Waals surface area contributed by atoms with E-state index in [4.69, 9.17) is 0 Å². The first-order valence-electron chi connectivity index (χ1n) is 8.70. The number of hydrogen-bond acceptors (Lipinski definition) is 2. The lowest BCUT2D eigenvalue weighted by Crippen LogP contribution is -2.23. The third-order valence-electron chi connectivity index (χ3n) is 4.33. The maximum atomic E-state index is 12.0. The van der Waals surface area contributed by atoms with E-state index < -0.39 is 0 Å². The van der Waals surface area contributed by atoms with Crippen molar-refractivity contribution in [3.63, 3.8) is 0 Å². The van der Waals surface area contributed by atoms with Crippen LogP contribution >= 0.6 is 0 Å². The fraction of sp³-hybridized carbons (Fsp3) is 0.286. The monoisotopic (exact) mass is 320 g/mol. The van der Waals surface area contributed by atoms with Gasteiger partial charge in [-0.05, 0) is 48.7 Å². The van der Waals surface area contributed by atoms with E-state index in [2.05, 4.69) is 22.3 Å². The number of nitrogens with zero attached hydrogens (tertiary/aromatic N) is 1. The number of rotatable bonds is 4. The molecule has 2 aromatic rings. The van der Waals surface area contributed by atoms with Crippen molar-refractivity contribution in [3.8, 4) is 0 Å². The van der Waals surface area contributed by atoms with Crippen molar-refractivity contribution in [2.24, 2.45) is 0 Å². The molecule has 1 aliphatic rings. The van der Waals surface area contributed by atoms with E-state index in [1.165, 1.54) is 31.4 Å². The Morgan fingerprint density at radius 3 is 2.21 bits per heavy atom. The van der Waals surface area contributed by atoms with E-state index in [-0.39, 0.29) is 5.91 Å². The van der Waals surface area contributed by atoms with Gasteiger partial charge in [-0.25, -0.2) is 0 Å². The fourth-order valence-corrected chi connectivity index (χ4v) is 3.00. The van der Waals surface area contributed by atoms with Crippen molar-refractivity contribution in [2.45, 2.75) is 25.7 Å². The van der Waals surface area contributed by atoms with Crippen LogP contribution in [0.4, 0.5) is 11.4 Å². The maximum Gasteiger partial charge on any atom is 0.248 e. The minimum absolute atomic E-state index is 0.110. The van der Waals surface area contributed by atoms with Crippen molar-refractivity contribution in [3.05, 3.63) is 66.2 Å². The molecule has 1 fully saturated rings. The molecule has 0 unspecified atom stereocenters. The Bertz CT molecular complexity index is 669. The number of carbonyl (C=O) groups excluding carboxylic acids is 1. The average Bonchev–Trinajstić information content (AvgIpc) is 2.91. The highest BCUT2D eigenvalue weighted by atomic mass is 16.1. The molecule has 1 aliphatic heterocycles. The summed E-state index contributed by atoms with van der Waals surface area (Å²) in [6.07, 6.45) is 8.58. The van der Waals surface area contributed by atoms with Crippen molar-refractivity contribution in [1.29, 1.82) is 0 Å². The van der Waals surface area contributed by atoms with E-state index in [9.17, 15) is 4.79 Å². The van der Waals surface area contributed by atoms with Gasteiger partial charge in [0, 0.05) is 30.5 Å². The van der Waals surface area contributed by atoms with Gasteiger partial charge in [-0.2, -0.15) is 0 Å². The second-order valence-corrected chi connectivity index (χ2v) is 6.18. The summed E-state index contributed by atoms with van der Waals surface area (Å²) in [4.78, 5) is 14.4. The van der Waals surface area contributed by atoms with E-state index in [0.717, 1.165) is 24.3 Å². The average molecular weight is 320 g/mol. The van der Waals surface area contributed by atoms with Crippen LogP contribution in [0.3, 0.4) is 0 Å². The van der Waals surface area contributed by atoms with E-state index >= 15 is 0 Å². The van der Waals surface area contributed by atoms with Gasteiger partial charge in [-0.15, -0.1) is 0 Å². The summed E-state index contributed by atoms with van der Waals surface area (Å²) >= 11 is 0. The molecule has 0 bridgehead atoms. The normalized spacial score (nSPS) is 15.2. The number of hydrogen-bond donors (Lipinski definition) is 1. The smallest absolute Gasteiger partial charge is 0.248 e. The first-order valence-corrected chi connectivity index (χ1v) is 8.70. The predicted octanol–water partition coefficient (Wildman–Crippen LogP) is 4.72. The first kappa shape index (κ1) is 16.3. The molecule has 3 nitrogen and oxygen atoms in total. The lowest BCUT2D eigenvalue weighted by molar-refractivity contribution is -0.111. The predicted molar refractivity (Wildman–Crippen MR) is 101 cm³/mol. The molecule has 2 aromatic carbocycles. The van der Waals surface area contributed by atoms with E-state index in [1.807, 2.05) is 48.5 Å². The van der Waals surface area contributed by atoms with Crippen molar-refractivity contribution >= 4 is 23.4 Å². The molecule has 0 saturated carbocycles. The van der Waals surface area contributed by atoms with Gasteiger partial charge in [0.05, 0.1) is 0 Å². The quantitative estimate of drug-likeness (QED) is 0.827. The number of carbonyl (C=O) groups is 1. The molecule has 24 heavy (non-hydrogen) atoms. The van der Waals surface area contributed by atoms with Crippen LogP contribution in [-0.4, -0.2) is 19.0 Å². The molecule has 0 aliphatic carbocycles. The first-order chi connectivity index (χ1) is 11.8. The maximum absolute atomic E-state index is 12.0. The van der Waals surface area contributed by atoms with Gasteiger partial charge in [0.15, 0.2) is 0 Å².